The molecule has 1 N–H and O–H groups in total. The number of para-hydroxylation sites is 2. The molecule has 7 nitrogen and oxygen atoms in total. The van der Waals surface area contributed by atoms with E-state index in [0.717, 1.165) is 33.7 Å². The van der Waals surface area contributed by atoms with Gasteiger partial charge < -0.3 is 14.5 Å². The maximum Gasteiger partial charge on any atom is 0.262 e. The Kier molecular flexibility index (Phi) is 6.55. The number of carbonyl (C=O) groups excluding carboxylic acids is 1. The van der Waals surface area contributed by atoms with Crippen molar-refractivity contribution < 1.29 is 17.9 Å². The topological polar surface area (TPSA) is 79.0 Å². The molecule has 2 aliphatic heterocycles. The van der Waals surface area contributed by atoms with Crippen LogP contribution in [0, 0.1) is 0 Å². The Morgan fingerprint density at radius 3 is 1.98 bits per heavy atom. The van der Waals surface area contributed by atoms with Crippen LogP contribution in [0.1, 0.15) is 17.0 Å². The first kappa shape index (κ1) is 26.1. The molecule has 210 valence electrons. The zero-order valence-electron chi connectivity index (χ0n) is 22.8. The summed E-state index contributed by atoms with van der Waals surface area (Å²) in [5.41, 5.74) is 3.27. The van der Waals surface area contributed by atoms with Crippen molar-refractivity contribution in [1.29, 1.82) is 0 Å². The maximum absolute atomic E-state index is 13.9. The fourth-order valence-corrected chi connectivity index (χ4v) is 7.21. The number of carbonyl (C=O) groups is 1. The number of rotatable bonds is 5. The average Bonchev–Trinajstić information content (AvgIpc) is 3.03. The van der Waals surface area contributed by atoms with E-state index in [-0.39, 0.29) is 10.8 Å². The highest BCUT2D eigenvalue weighted by Crippen LogP contribution is 2.44. The third-order valence-electron chi connectivity index (χ3n) is 8.04. The van der Waals surface area contributed by atoms with Crippen LogP contribution in [0.4, 0.5) is 11.4 Å². The zero-order chi connectivity index (χ0) is 28.7. The van der Waals surface area contributed by atoms with E-state index in [1.807, 2.05) is 95.9 Å². The second-order valence-electron chi connectivity index (χ2n) is 10.6. The van der Waals surface area contributed by atoms with E-state index in [4.69, 9.17) is 4.74 Å². The van der Waals surface area contributed by atoms with Crippen LogP contribution >= 0.6 is 0 Å². The van der Waals surface area contributed by atoms with Gasteiger partial charge >= 0.3 is 0 Å². The standard InChI is InChI=1S/C34H29N3O4S/c38-34(33-28-11-3-5-13-30(28)41-31-14-6-4-12-29(31)33)37-22-20-36(21-23-37)26-18-16-25(17-19-26)35-42(39,40)32-15-7-9-24-8-1-2-10-27(24)32/h1-19,33,35H,20-23H2. The molecule has 0 unspecified atom stereocenters. The number of piperazine rings is 1. The number of anilines is 2. The summed E-state index contributed by atoms with van der Waals surface area (Å²) in [7, 11) is -3.76. The first-order valence-electron chi connectivity index (χ1n) is 14.0. The number of sulfonamides is 1. The molecule has 1 fully saturated rings. The van der Waals surface area contributed by atoms with Crippen LogP contribution in [0.3, 0.4) is 0 Å². The number of nitrogens with one attached hydrogen (secondary N) is 1. The van der Waals surface area contributed by atoms with Crippen molar-refractivity contribution in [3.63, 3.8) is 0 Å². The highest BCUT2D eigenvalue weighted by Gasteiger charge is 2.36. The Hall–Kier alpha value is -4.82. The lowest BCUT2D eigenvalue weighted by Gasteiger charge is -2.38. The van der Waals surface area contributed by atoms with Crippen molar-refractivity contribution >= 4 is 38.1 Å². The van der Waals surface area contributed by atoms with Gasteiger partial charge in [-0.3, -0.25) is 9.52 Å². The lowest BCUT2D eigenvalue weighted by atomic mass is 9.86. The smallest absolute Gasteiger partial charge is 0.262 e. The predicted octanol–water partition coefficient (Wildman–Crippen LogP) is 6.23. The SMILES string of the molecule is O=C(C1c2ccccc2Oc2ccccc21)N1CCN(c2ccc(NS(=O)(=O)c3cccc4ccccc34)cc2)CC1. The van der Waals surface area contributed by atoms with Gasteiger partial charge in [-0.1, -0.05) is 72.8 Å². The number of fused-ring (bicyclic) bond motifs is 3. The fraction of sp³-hybridized carbons (Fsp3) is 0.147. The number of hydrogen-bond donors (Lipinski definition) is 1. The van der Waals surface area contributed by atoms with Crippen LogP contribution in [0.25, 0.3) is 10.8 Å². The summed E-state index contributed by atoms with van der Waals surface area (Å²) < 4.78 is 35.2. The van der Waals surface area contributed by atoms with Gasteiger partial charge in [0.05, 0.1) is 10.8 Å². The van der Waals surface area contributed by atoms with Gasteiger partial charge in [0.2, 0.25) is 5.91 Å². The number of amides is 1. The Balaban J connectivity index is 1.04. The molecule has 0 radical (unpaired) electrons. The van der Waals surface area contributed by atoms with E-state index in [9.17, 15) is 13.2 Å². The number of nitrogens with zero attached hydrogens (tertiary/aromatic N) is 2. The van der Waals surface area contributed by atoms with Crippen LogP contribution in [-0.2, 0) is 14.8 Å². The van der Waals surface area contributed by atoms with E-state index >= 15 is 0 Å². The minimum atomic E-state index is -3.76. The van der Waals surface area contributed by atoms with Crippen LogP contribution in [-0.4, -0.2) is 45.4 Å². The van der Waals surface area contributed by atoms with E-state index in [1.165, 1.54) is 0 Å². The number of benzene rings is 5. The second-order valence-corrected chi connectivity index (χ2v) is 12.2. The third kappa shape index (κ3) is 4.73. The van der Waals surface area contributed by atoms with Crippen molar-refractivity contribution in [1.82, 2.24) is 4.90 Å². The second kappa shape index (κ2) is 10.5. The molecule has 0 bridgehead atoms. The van der Waals surface area contributed by atoms with Gasteiger partial charge in [-0.25, -0.2) is 8.42 Å². The van der Waals surface area contributed by atoms with Gasteiger partial charge in [0.25, 0.3) is 10.0 Å². The van der Waals surface area contributed by atoms with Crippen molar-refractivity contribution in [3.8, 4) is 11.5 Å². The van der Waals surface area contributed by atoms with E-state index in [2.05, 4.69) is 9.62 Å². The maximum atomic E-state index is 13.9. The highest BCUT2D eigenvalue weighted by molar-refractivity contribution is 7.93. The van der Waals surface area contributed by atoms with Crippen molar-refractivity contribution in [2.45, 2.75) is 10.8 Å². The van der Waals surface area contributed by atoms with Gasteiger partial charge in [0, 0.05) is 54.1 Å². The Labute approximate surface area is 245 Å². The van der Waals surface area contributed by atoms with Gasteiger partial charge in [-0.2, -0.15) is 0 Å². The van der Waals surface area contributed by atoms with Crippen LogP contribution < -0.4 is 14.4 Å². The van der Waals surface area contributed by atoms with E-state index in [0.29, 0.717) is 37.3 Å². The first-order chi connectivity index (χ1) is 20.5. The molecule has 8 heteroatoms. The van der Waals surface area contributed by atoms with Gasteiger partial charge in [-0.15, -0.1) is 0 Å². The zero-order valence-corrected chi connectivity index (χ0v) is 23.6. The molecule has 0 spiro atoms. The van der Waals surface area contributed by atoms with E-state index < -0.39 is 15.9 Å². The van der Waals surface area contributed by atoms with Crippen LogP contribution in [0.15, 0.2) is 120 Å². The quantitative estimate of drug-likeness (QED) is 0.269. The number of hydrogen-bond acceptors (Lipinski definition) is 5. The molecule has 7 rings (SSSR count). The summed E-state index contributed by atoms with van der Waals surface area (Å²) in [6, 6.07) is 35.6. The molecule has 42 heavy (non-hydrogen) atoms. The van der Waals surface area contributed by atoms with Crippen LogP contribution in [0.2, 0.25) is 0 Å². The first-order valence-corrected chi connectivity index (χ1v) is 15.5. The minimum Gasteiger partial charge on any atom is -0.457 e. The monoisotopic (exact) mass is 575 g/mol. The summed E-state index contributed by atoms with van der Waals surface area (Å²) in [5.74, 6) is 1.14. The number of ether oxygens (including phenoxy) is 1. The molecule has 1 saturated heterocycles. The lowest BCUT2D eigenvalue weighted by Crippen LogP contribution is -2.50. The third-order valence-corrected chi connectivity index (χ3v) is 9.48. The molecule has 2 heterocycles. The molecule has 0 aromatic heterocycles. The Morgan fingerprint density at radius 1 is 0.690 bits per heavy atom. The van der Waals surface area contributed by atoms with Gasteiger partial charge in [-0.05, 0) is 47.9 Å². The molecular weight excluding hydrogens is 546 g/mol. The fourth-order valence-electron chi connectivity index (χ4n) is 5.92. The van der Waals surface area contributed by atoms with E-state index in [1.54, 1.807) is 24.3 Å². The molecule has 0 aliphatic carbocycles. The molecule has 5 aromatic rings. The lowest BCUT2D eigenvalue weighted by molar-refractivity contribution is -0.132. The molecule has 2 aliphatic rings. The Morgan fingerprint density at radius 2 is 1.29 bits per heavy atom. The molecule has 0 saturated carbocycles. The van der Waals surface area contributed by atoms with Gasteiger partial charge in [0.15, 0.2) is 0 Å². The molecule has 0 atom stereocenters. The minimum absolute atomic E-state index is 0.0797. The summed E-state index contributed by atoms with van der Waals surface area (Å²) >= 11 is 0. The average molecular weight is 576 g/mol. The highest BCUT2D eigenvalue weighted by atomic mass is 32.2. The summed E-state index contributed by atoms with van der Waals surface area (Å²) in [6.45, 7) is 2.55. The van der Waals surface area contributed by atoms with Crippen molar-refractivity contribution in [2.75, 3.05) is 35.8 Å². The van der Waals surface area contributed by atoms with Crippen LogP contribution in [0.5, 0.6) is 11.5 Å². The van der Waals surface area contributed by atoms with Crippen molar-refractivity contribution in [3.05, 3.63) is 126 Å². The predicted molar refractivity (Wildman–Crippen MR) is 165 cm³/mol. The Bertz CT molecular complexity index is 1850. The molecule has 5 aromatic carbocycles. The molecular formula is C34H29N3O4S. The van der Waals surface area contributed by atoms with Gasteiger partial charge in [0.1, 0.15) is 11.5 Å². The largest absolute Gasteiger partial charge is 0.457 e. The summed E-state index contributed by atoms with van der Waals surface area (Å²) in [6.07, 6.45) is 0. The summed E-state index contributed by atoms with van der Waals surface area (Å²) in [5, 5.41) is 1.56. The normalized spacial score (nSPS) is 15.0. The summed E-state index contributed by atoms with van der Waals surface area (Å²) in [4.78, 5) is 18.3. The molecule has 1 amide bonds. The van der Waals surface area contributed by atoms with Crippen molar-refractivity contribution in [2.24, 2.45) is 0 Å².